The van der Waals surface area contributed by atoms with Crippen molar-refractivity contribution >= 4 is 11.0 Å². The van der Waals surface area contributed by atoms with Crippen molar-refractivity contribution in [2.45, 2.75) is 41.2 Å². The topological polar surface area (TPSA) is 34.9 Å². The maximum Gasteiger partial charge on any atom is 0.252 e. The second-order valence-corrected chi connectivity index (χ2v) is 5.36. The van der Waals surface area contributed by atoms with Gasteiger partial charge in [0.25, 0.3) is 5.56 Å². The van der Waals surface area contributed by atoms with Gasteiger partial charge in [0.05, 0.1) is 0 Å². The first-order chi connectivity index (χ1) is 8.41. The van der Waals surface area contributed by atoms with Crippen LogP contribution in [0.25, 0.3) is 11.0 Å². The number of nitrogens with zero attached hydrogens (tertiary/aromatic N) is 2. The van der Waals surface area contributed by atoms with Crippen LogP contribution in [0.3, 0.4) is 0 Å². The lowest BCUT2D eigenvalue weighted by Gasteiger charge is -2.15. The Morgan fingerprint density at radius 3 is 2.44 bits per heavy atom. The molecule has 0 atom stereocenters. The monoisotopic (exact) mass is 244 g/mol. The van der Waals surface area contributed by atoms with Gasteiger partial charge in [-0.1, -0.05) is 13.8 Å². The molecular weight excluding hydrogens is 224 g/mol. The maximum atomic E-state index is 12.0. The normalized spacial score (nSPS) is 11.4. The molecule has 0 unspecified atom stereocenters. The van der Waals surface area contributed by atoms with Gasteiger partial charge in [-0.05, 0) is 43.9 Å². The summed E-state index contributed by atoms with van der Waals surface area (Å²) in [5.41, 5.74) is 4.28. The van der Waals surface area contributed by atoms with Crippen LogP contribution in [0, 0.1) is 26.7 Å². The van der Waals surface area contributed by atoms with E-state index in [4.69, 9.17) is 0 Å². The smallest absolute Gasteiger partial charge is 0.252 e. The molecule has 0 aliphatic rings. The molecule has 3 heteroatoms. The van der Waals surface area contributed by atoms with Gasteiger partial charge in [-0.15, -0.1) is 0 Å². The number of hydrogen-bond donors (Lipinski definition) is 0. The SMILES string of the molecule is Cc1nc2c(ccc(=O)n2CC(C)C)c(C)c1C. The largest absolute Gasteiger partial charge is 0.292 e. The molecule has 0 radical (unpaired) electrons. The molecule has 2 aromatic heterocycles. The maximum absolute atomic E-state index is 12.0. The third kappa shape index (κ3) is 2.05. The molecule has 0 spiro atoms. The van der Waals surface area contributed by atoms with Crippen molar-refractivity contribution in [3.8, 4) is 0 Å². The number of rotatable bonds is 2. The lowest BCUT2D eigenvalue weighted by Crippen LogP contribution is -2.23. The van der Waals surface area contributed by atoms with Gasteiger partial charge >= 0.3 is 0 Å². The zero-order valence-electron chi connectivity index (χ0n) is 11.7. The van der Waals surface area contributed by atoms with Gasteiger partial charge in [0.1, 0.15) is 5.65 Å². The van der Waals surface area contributed by atoms with E-state index in [2.05, 4.69) is 32.7 Å². The second kappa shape index (κ2) is 4.56. The molecule has 0 aromatic carbocycles. The van der Waals surface area contributed by atoms with Gasteiger partial charge in [0.15, 0.2) is 0 Å². The van der Waals surface area contributed by atoms with E-state index in [0.717, 1.165) is 16.7 Å². The molecule has 0 saturated heterocycles. The second-order valence-electron chi connectivity index (χ2n) is 5.36. The number of hydrogen-bond acceptors (Lipinski definition) is 2. The first-order valence-electron chi connectivity index (χ1n) is 6.39. The Kier molecular flexibility index (Phi) is 3.24. The van der Waals surface area contributed by atoms with Crippen LogP contribution in [0.4, 0.5) is 0 Å². The third-order valence-electron chi connectivity index (χ3n) is 3.49. The van der Waals surface area contributed by atoms with Crippen LogP contribution in [0.1, 0.15) is 30.7 Å². The van der Waals surface area contributed by atoms with Gasteiger partial charge in [0, 0.05) is 23.7 Å². The predicted octanol–water partition coefficient (Wildman–Crippen LogP) is 2.98. The Labute approximate surface area is 107 Å². The van der Waals surface area contributed by atoms with E-state index in [9.17, 15) is 4.79 Å². The summed E-state index contributed by atoms with van der Waals surface area (Å²) in [6, 6.07) is 3.54. The fourth-order valence-electron chi connectivity index (χ4n) is 2.24. The number of aromatic nitrogens is 2. The van der Waals surface area contributed by atoms with E-state index in [1.165, 1.54) is 11.1 Å². The summed E-state index contributed by atoms with van der Waals surface area (Å²) in [5.74, 6) is 0.428. The highest BCUT2D eigenvalue weighted by Gasteiger charge is 2.11. The van der Waals surface area contributed by atoms with E-state index in [1.54, 1.807) is 10.6 Å². The van der Waals surface area contributed by atoms with Gasteiger partial charge in [-0.3, -0.25) is 9.36 Å². The zero-order chi connectivity index (χ0) is 13.4. The molecular formula is C15H20N2O. The van der Waals surface area contributed by atoms with E-state index in [1.807, 2.05) is 13.0 Å². The molecule has 18 heavy (non-hydrogen) atoms. The average molecular weight is 244 g/mol. The van der Waals surface area contributed by atoms with Crippen molar-refractivity contribution in [1.82, 2.24) is 9.55 Å². The lowest BCUT2D eigenvalue weighted by atomic mass is 10.1. The van der Waals surface area contributed by atoms with E-state index < -0.39 is 0 Å². The summed E-state index contributed by atoms with van der Waals surface area (Å²) >= 11 is 0. The van der Waals surface area contributed by atoms with Crippen LogP contribution in [-0.2, 0) is 6.54 Å². The highest BCUT2D eigenvalue weighted by Crippen LogP contribution is 2.21. The summed E-state index contributed by atoms with van der Waals surface area (Å²) in [6.07, 6.45) is 0. The average Bonchev–Trinajstić information content (AvgIpc) is 2.30. The molecule has 0 amide bonds. The summed E-state index contributed by atoms with van der Waals surface area (Å²) < 4.78 is 1.79. The molecule has 2 heterocycles. The molecule has 96 valence electrons. The van der Waals surface area contributed by atoms with Gasteiger partial charge in [-0.25, -0.2) is 4.98 Å². The zero-order valence-corrected chi connectivity index (χ0v) is 11.7. The molecule has 2 aromatic rings. The van der Waals surface area contributed by atoms with Gasteiger partial charge in [-0.2, -0.15) is 0 Å². The van der Waals surface area contributed by atoms with Crippen LogP contribution in [-0.4, -0.2) is 9.55 Å². The van der Waals surface area contributed by atoms with Crippen molar-refractivity contribution in [1.29, 1.82) is 0 Å². The first kappa shape index (κ1) is 12.8. The highest BCUT2D eigenvalue weighted by atomic mass is 16.1. The summed E-state index contributed by atoms with van der Waals surface area (Å²) in [4.78, 5) is 16.6. The van der Waals surface area contributed by atoms with Crippen molar-refractivity contribution in [2.75, 3.05) is 0 Å². The quantitative estimate of drug-likeness (QED) is 0.814. The Morgan fingerprint density at radius 1 is 1.17 bits per heavy atom. The molecule has 0 bridgehead atoms. The first-order valence-corrected chi connectivity index (χ1v) is 6.39. The van der Waals surface area contributed by atoms with Crippen molar-refractivity contribution in [2.24, 2.45) is 5.92 Å². The molecule has 0 aliphatic carbocycles. The minimum absolute atomic E-state index is 0.0337. The van der Waals surface area contributed by atoms with Crippen LogP contribution >= 0.6 is 0 Å². The minimum Gasteiger partial charge on any atom is -0.292 e. The van der Waals surface area contributed by atoms with Gasteiger partial charge in [0.2, 0.25) is 0 Å². The van der Waals surface area contributed by atoms with Crippen LogP contribution in [0.5, 0.6) is 0 Å². The fraction of sp³-hybridized carbons (Fsp3) is 0.467. The molecule has 0 saturated carbocycles. The molecule has 0 aliphatic heterocycles. The fourth-order valence-corrected chi connectivity index (χ4v) is 2.24. The van der Waals surface area contributed by atoms with E-state index in [0.29, 0.717) is 12.5 Å². The Bertz CT molecular complexity index is 654. The summed E-state index contributed by atoms with van der Waals surface area (Å²) in [5, 5.41) is 1.08. The molecule has 3 nitrogen and oxygen atoms in total. The molecule has 0 fully saturated rings. The number of pyridine rings is 2. The van der Waals surface area contributed by atoms with Crippen LogP contribution < -0.4 is 5.56 Å². The molecule has 0 N–H and O–H groups in total. The van der Waals surface area contributed by atoms with Gasteiger partial charge < -0.3 is 0 Å². The minimum atomic E-state index is 0.0337. The highest BCUT2D eigenvalue weighted by molar-refractivity contribution is 5.80. The number of aryl methyl sites for hydroxylation is 2. The summed E-state index contributed by atoms with van der Waals surface area (Å²) in [7, 11) is 0. The number of fused-ring (bicyclic) bond motifs is 1. The predicted molar refractivity (Wildman–Crippen MR) is 75.1 cm³/mol. The Hall–Kier alpha value is -1.64. The van der Waals surface area contributed by atoms with Crippen molar-refractivity contribution in [3.05, 3.63) is 39.3 Å². The standard InChI is InChI=1S/C15H20N2O/c1-9(2)8-17-14(18)7-6-13-11(4)10(3)12(5)16-15(13)17/h6-7,9H,8H2,1-5H3. The van der Waals surface area contributed by atoms with Crippen molar-refractivity contribution < 1.29 is 0 Å². The Morgan fingerprint density at radius 2 is 1.83 bits per heavy atom. The van der Waals surface area contributed by atoms with E-state index in [-0.39, 0.29) is 5.56 Å². The van der Waals surface area contributed by atoms with Crippen LogP contribution in [0.15, 0.2) is 16.9 Å². The summed E-state index contributed by atoms with van der Waals surface area (Å²) in [6.45, 7) is 11.1. The molecule has 2 rings (SSSR count). The van der Waals surface area contributed by atoms with Crippen molar-refractivity contribution in [3.63, 3.8) is 0 Å². The van der Waals surface area contributed by atoms with Crippen LogP contribution in [0.2, 0.25) is 0 Å². The Balaban J connectivity index is 2.85. The van der Waals surface area contributed by atoms with E-state index >= 15 is 0 Å². The lowest BCUT2D eigenvalue weighted by molar-refractivity contribution is 0.521. The third-order valence-corrected chi connectivity index (χ3v) is 3.49.